The molecule has 0 bridgehead atoms. The molecule has 1 aromatic carbocycles. The Morgan fingerprint density at radius 1 is 1.21 bits per heavy atom. The van der Waals surface area contributed by atoms with Crippen LogP contribution in [0, 0.1) is 6.92 Å². The number of carbonyl (C=O) groups is 2. The van der Waals surface area contributed by atoms with Gasteiger partial charge in [-0.3, -0.25) is 4.79 Å². The lowest BCUT2D eigenvalue weighted by atomic mass is 10.2. The van der Waals surface area contributed by atoms with Gasteiger partial charge in [-0.2, -0.15) is 0 Å². The number of hydrogen-bond donors (Lipinski definition) is 3. The Balaban J connectivity index is 2.01. The van der Waals surface area contributed by atoms with Crippen LogP contribution in [0.15, 0.2) is 30.6 Å². The number of carboxylic acids is 1. The highest BCUT2D eigenvalue weighted by atomic mass is 32.1. The number of aromatic nitrogens is 2. The first-order valence-electron chi connectivity index (χ1n) is 7.08. The van der Waals surface area contributed by atoms with Crippen LogP contribution < -0.4 is 10.6 Å². The summed E-state index contributed by atoms with van der Waals surface area (Å²) in [7, 11) is 0. The number of thiophene rings is 1. The molecule has 2 heterocycles. The molecule has 8 heteroatoms. The van der Waals surface area contributed by atoms with E-state index in [-0.39, 0.29) is 10.8 Å². The number of carboxylic acid groups (broad SMARTS) is 1. The third kappa shape index (κ3) is 3.04. The van der Waals surface area contributed by atoms with Gasteiger partial charge < -0.3 is 15.7 Å². The van der Waals surface area contributed by atoms with Crippen molar-refractivity contribution in [3.63, 3.8) is 0 Å². The second kappa shape index (κ2) is 6.25. The molecule has 0 saturated carbocycles. The third-order valence-electron chi connectivity index (χ3n) is 3.37. The molecule has 0 atom stereocenters. The smallest absolute Gasteiger partial charge is 0.346 e. The van der Waals surface area contributed by atoms with Crippen molar-refractivity contribution in [1.82, 2.24) is 9.97 Å². The second-order valence-electron chi connectivity index (χ2n) is 5.15. The van der Waals surface area contributed by atoms with Crippen molar-refractivity contribution in [2.75, 3.05) is 10.6 Å². The summed E-state index contributed by atoms with van der Waals surface area (Å²) in [6.45, 7) is 3.18. The largest absolute Gasteiger partial charge is 0.477 e. The molecule has 0 aliphatic carbocycles. The lowest BCUT2D eigenvalue weighted by Gasteiger charge is -2.09. The first-order valence-corrected chi connectivity index (χ1v) is 7.89. The van der Waals surface area contributed by atoms with Gasteiger partial charge in [0, 0.05) is 18.3 Å². The molecule has 0 spiro atoms. The minimum Gasteiger partial charge on any atom is -0.477 e. The molecular weight excluding hydrogens is 328 g/mol. The number of aromatic carboxylic acids is 1. The fourth-order valence-corrected chi connectivity index (χ4v) is 3.37. The van der Waals surface area contributed by atoms with Gasteiger partial charge in [-0.1, -0.05) is 6.07 Å². The number of nitrogens with zero attached hydrogens (tertiary/aromatic N) is 2. The van der Waals surface area contributed by atoms with E-state index >= 15 is 0 Å². The second-order valence-corrected chi connectivity index (χ2v) is 6.15. The normalized spacial score (nSPS) is 10.6. The Hall–Kier alpha value is -3.00. The SMILES string of the molecule is CC(=O)Nc1cccc(Nc2ncnc3sc(C(=O)O)c(C)c23)c1. The highest BCUT2D eigenvalue weighted by Gasteiger charge is 2.18. The topological polar surface area (TPSA) is 104 Å². The molecule has 3 aromatic rings. The average molecular weight is 342 g/mol. The van der Waals surface area contributed by atoms with Crippen molar-refractivity contribution in [2.24, 2.45) is 0 Å². The summed E-state index contributed by atoms with van der Waals surface area (Å²) in [5.41, 5.74) is 2.01. The van der Waals surface area contributed by atoms with Gasteiger partial charge in [-0.05, 0) is 30.7 Å². The van der Waals surface area contributed by atoms with Crippen molar-refractivity contribution in [3.8, 4) is 0 Å². The van der Waals surface area contributed by atoms with Crippen LogP contribution in [0.2, 0.25) is 0 Å². The number of fused-ring (bicyclic) bond motifs is 1. The van der Waals surface area contributed by atoms with E-state index in [2.05, 4.69) is 20.6 Å². The predicted octanol–water partition coefficient (Wildman–Crippen LogP) is 3.40. The molecule has 0 fully saturated rings. The fourth-order valence-electron chi connectivity index (χ4n) is 2.39. The highest BCUT2D eigenvalue weighted by Crippen LogP contribution is 2.34. The first-order chi connectivity index (χ1) is 11.5. The summed E-state index contributed by atoms with van der Waals surface area (Å²) in [5, 5.41) is 15.8. The van der Waals surface area contributed by atoms with E-state index in [0.717, 1.165) is 17.0 Å². The summed E-state index contributed by atoms with van der Waals surface area (Å²) in [6, 6.07) is 7.18. The van der Waals surface area contributed by atoms with Crippen molar-refractivity contribution in [1.29, 1.82) is 0 Å². The molecule has 2 aromatic heterocycles. The molecule has 122 valence electrons. The number of hydrogen-bond acceptors (Lipinski definition) is 6. The molecule has 0 aliphatic heterocycles. The number of anilines is 3. The van der Waals surface area contributed by atoms with Gasteiger partial charge in [0.15, 0.2) is 0 Å². The lowest BCUT2D eigenvalue weighted by molar-refractivity contribution is -0.114. The van der Waals surface area contributed by atoms with Crippen LogP contribution in [0.4, 0.5) is 17.2 Å². The zero-order valence-corrected chi connectivity index (χ0v) is 13.8. The van der Waals surface area contributed by atoms with Crippen LogP contribution in [0.3, 0.4) is 0 Å². The number of carbonyl (C=O) groups excluding carboxylic acids is 1. The Morgan fingerprint density at radius 3 is 2.67 bits per heavy atom. The van der Waals surface area contributed by atoms with Crippen LogP contribution in [-0.2, 0) is 4.79 Å². The standard InChI is InChI=1S/C16H14N4O3S/c1-8-12-14(17-7-18-15(12)24-13(8)16(22)23)20-11-5-3-4-10(6-11)19-9(2)21/h3-7H,1-2H3,(H,19,21)(H,22,23)(H,17,18,20). The van der Waals surface area contributed by atoms with E-state index in [9.17, 15) is 14.7 Å². The Bertz CT molecular complexity index is 952. The molecule has 7 nitrogen and oxygen atoms in total. The number of nitrogens with one attached hydrogen (secondary N) is 2. The Labute approximate surface area is 141 Å². The predicted molar refractivity (Wildman–Crippen MR) is 93.1 cm³/mol. The maximum absolute atomic E-state index is 11.3. The van der Waals surface area contributed by atoms with Gasteiger partial charge in [0.2, 0.25) is 5.91 Å². The summed E-state index contributed by atoms with van der Waals surface area (Å²) in [6.07, 6.45) is 1.39. The Kier molecular flexibility index (Phi) is 4.13. The average Bonchev–Trinajstić information content (AvgIpc) is 2.85. The van der Waals surface area contributed by atoms with Gasteiger partial charge >= 0.3 is 5.97 Å². The minimum absolute atomic E-state index is 0.156. The van der Waals surface area contributed by atoms with E-state index in [4.69, 9.17) is 0 Å². The first kappa shape index (κ1) is 15.9. The molecule has 3 rings (SSSR count). The van der Waals surface area contributed by atoms with E-state index in [1.54, 1.807) is 25.1 Å². The number of aryl methyl sites for hydroxylation is 1. The fraction of sp³-hybridized carbons (Fsp3) is 0.125. The molecular formula is C16H14N4O3S. The van der Waals surface area contributed by atoms with E-state index in [1.165, 1.54) is 13.3 Å². The van der Waals surface area contributed by atoms with E-state index in [1.807, 2.05) is 6.07 Å². The van der Waals surface area contributed by atoms with Crippen molar-refractivity contribution in [3.05, 3.63) is 41.0 Å². The maximum atomic E-state index is 11.3. The zero-order chi connectivity index (χ0) is 17.3. The zero-order valence-electron chi connectivity index (χ0n) is 13.0. The summed E-state index contributed by atoms with van der Waals surface area (Å²) in [5.74, 6) is -0.605. The molecule has 1 amide bonds. The summed E-state index contributed by atoms with van der Waals surface area (Å²) < 4.78 is 0. The summed E-state index contributed by atoms with van der Waals surface area (Å²) >= 11 is 1.12. The molecule has 3 N–H and O–H groups in total. The maximum Gasteiger partial charge on any atom is 0.346 e. The van der Waals surface area contributed by atoms with E-state index < -0.39 is 5.97 Å². The van der Waals surface area contributed by atoms with Crippen molar-refractivity contribution < 1.29 is 14.7 Å². The molecule has 0 saturated heterocycles. The quantitative estimate of drug-likeness (QED) is 0.671. The van der Waals surface area contributed by atoms with Gasteiger partial charge in [0.05, 0.1) is 5.39 Å². The number of amides is 1. The number of benzene rings is 1. The van der Waals surface area contributed by atoms with Gasteiger partial charge in [-0.25, -0.2) is 14.8 Å². The molecule has 0 aliphatic rings. The Morgan fingerprint density at radius 2 is 1.96 bits per heavy atom. The van der Waals surface area contributed by atoms with Crippen molar-refractivity contribution >= 4 is 50.6 Å². The van der Waals surface area contributed by atoms with E-state index in [0.29, 0.717) is 27.3 Å². The monoisotopic (exact) mass is 342 g/mol. The molecule has 0 radical (unpaired) electrons. The van der Waals surface area contributed by atoms with Crippen molar-refractivity contribution in [2.45, 2.75) is 13.8 Å². The van der Waals surface area contributed by atoms with Crippen LogP contribution in [0.5, 0.6) is 0 Å². The van der Waals surface area contributed by atoms with Crippen LogP contribution in [-0.4, -0.2) is 27.0 Å². The van der Waals surface area contributed by atoms with Crippen LogP contribution in [0.25, 0.3) is 10.2 Å². The highest BCUT2D eigenvalue weighted by molar-refractivity contribution is 7.20. The van der Waals surface area contributed by atoms with Gasteiger partial charge in [-0.15, -0.1) is 11.3 Å². The minimum atomic E-state index is -0.978. The third-order valence-corrected chi connectivity index (χ3v) is 4.55. The van der Waals surface area contributed by atoms with Crippen LogP contribution in [0.1, 0.15) is 22.2 Å². The van der Waals surface area contributed by atoms with Crippen LogP contribution >= 0.6 is 11.3 Å². The molecule has 24 heavy (non-hydrogen) atoms. The van der Waals surface area contributed by atoms with Gasteiger partial charge in [0.1, 0.15) is 21.9 Å². The van der Waals surface area contributed by atoms with Gasteiger partial charge in [0.25, 0.3) is 0 Å². The number of rotatable bonds is 4. The lowest BCUT2D eigenvalue weighted by Crippen LogP contribution is -2.06. The molecule has 0 unspecified atom stereocenters. The summed E-state index contributed by atoms with van der Waals surface area (Å²) in [4.78, 5) is 31.7.